The molecule has 1 aromatic carbocycles. The quantitative estimate of drug-likeness (QED) is 0.679. The summed E-state index contributed by atoms with van der Waals surface area (Å²) in [6, 6.07) is 10.3. The molecule has 0 saturated carbocycles. The van der Waals surface area contributed by atoms with Gasteiger partial charge in [0.15, 0.2) is 5.82 Å². The van der Waals surface area contributed by atoms with E-state index in [1.165, 1.54) is 12.1 Å². The van der Waals surface area contributed by atoms with E-state index in [9.17, 15) is 4.79 Å². The minimum absolute atomic E-state index is 0.181. The number of pyridine rings is 1. The van der Waals surface area contributed by atoms with Crippen molar-refractivity contribution in [3.63, 3.8) is 0 Å². The summed E-state index contributed by atoms with van der Waals surface area (Å²) in [4.78, 5) is 15.7. The number of hydrogen-bond donors (Lipinski definition) is 1. The van der Waals surface area contributed by atoms with E-state index in [1.54, 1.807) is 12.1 Å². The zero-order chi connectivity index (χ0) is 18.2. The van der Waals surface area contributed by atoms with Crippen LogP contribution in [0.3, 0.4) is 0 Å². The lowest BCUT2D eigenvalue weighted by atomic mass is 9.92. The number of aromatic nitrogens is 2. The molecule has 2 aromatic heterocycles. The molecule has 128 valence electrons. The lowest BCUT2D eigenvalue weighted by Gasteiger charge is -2.15. The largest absolute Gasteiger partial charge is 0.478 e. The third kappa shape index (κ3) is 3.28. The molecule has 6 heteroatoms. The van der Waals surface area contributed by atoms with Gasteiger partial charge in [-0.25, -0.2) is 9.78 Å². The maximum atomic E-state index is 10.9. The Balaban J connectivity index is 2.08. The number of carbonyl (C=O) groups is 1. The van der Waals surface area contributed by atoms with E-state index in [-0.39, 0.29) is 11.0 Å². The lowest BCUT2D eigenvalue weighted by Crippen LogP contribution is -2.11. The highest BCUT2D eigenvalue weighted by Crippen LogP contribution is 2.33. The average molecular weight is 336 g/mol. The predicted octanol–water partition coefficient (Wildman–Crippen LogP) is 5.05. The summed E-state index contributed by atoms with van der Waals surface area (Å²) in [7, 11) is 0. The summed E-state index contributed by atoms with van der Waals surface area (Å²) < 4.78 is 1.94. The van der Waals surface area contributed by atoms with E-state index >= 15 is 0 Å². The molecule has 0 amide bonds. The smallest absolute Gasteiger partial charge is 0.335 e. The fraction of sp³-hybridized carbons (Fsp3) is 0.263. The molecule has 6 nitrogen and oxygen atoms in total. The highest BCUT2D eigenvalue weighted by atomic mass is 16.4. The molecule has 0 atom stereocenters. The molecule has 0 fully saturated rings. The van der Waals surface area contributed by atoms with Crippen LogP contribution in [0, 0.1) is 6.92 Å². The van der Waals surface area contributed by atoms with Crippen molar-refractivity contribution in [3.05, 3.63) is 59.4 Å². The van der Waals surface area contributed by atoms with E-state index < -0.39 is 5.97 Å². The Bertz CT molecular complexity index is 963. The van der Waals surface area contributed by atoms with Crippen LogP contribution >= 0.6 is 0 Å². The first-order chi connectivity index (χ1) is 11.8. The summed E-state index contributed by atoms with van der Waals surface area (Å²) in [5, 5.41) is 17.7. The van der Waals surface area contributed by atoms with Gasteiger partial charge in [0.2, 0.25) is 0 Å². The van der Waals surface area contributed by atoms with Gasteiger partial charge in [0, 0.05) is 11.6 Å². The van der Waals surface area contributed by atoms with Crippen LogP contribution < -0.4 is 0 Å². The predicted molar refractivity (Wildman–Crippen MR) is 96.2 cm³/mol. The molecule has 0 saturated heterocycles. The zero-order valence-electron chi connectivity index (χ0n) is 14.7. The molecule has 25 heavy (non-hydrogen) atoms. The first-order valence-corrected chi connectivity index (χ1v) is 8.00. The molecule has 0 aliphatic rings. The first kappa shape index (κ1) is 16.8. The van der Waals surface area contributed by atoms with E-state index in [0.717, 1.165) is 16.9 Å². The minimum Gasteiger partial charge on any atom is -0.478 e. The molecule has 3 rings (SSSR count). The molecule has 0 radical (unpaired) electrons. The number of nitrogens with zero attached hydrogens (tertiary/aromatic N) is 4. The molecule has 1 N–H and O–H groups in total. The number of imidazole rings is 1. The lowest BCUT2D eigenvalue weighted by molar-refractivity contribution is 0.0697. The second-order valence-corrected chi connectivity index (χ2v) is 6.97. The number of azo groups is 1. The van der Waals surface area contributed by atoms with Gasteiger partial charge in [-0.2, -0.15) is 0 Å². The van der Waals surface area contributed by atoms with Gasteiger partial charge in [-0.05, 0) is 42.8 Å². The molecule has 0 bridgehead atoms. The monoisotopic (exact) mass is 336 g/mol. The van der Waals surface area contributed by atoms with Crippen LogP contribution in [0.5, 0.6) is 0 Å². The van der Waals surface area contributed by atoms with Crippen LogP contribution in [-0.2, 0) is 5.41 Å². The maximum absolute atomic E-state index is 10.9. The van der Waals surface area contributed by atoms with E-state index in [4.69, 9.17) is 10.1 Å². The SMILES string of the molecule is Cc1cccn2c(N=Nc3ccc(C(=O)O)cc3)c(C(C)(C)C)nc12. The molecule has 0 aliphatic heterocycles. The molecule has 0 aliphatic carbocycles. The first-order valence-electron chi connectivity index (χ1n) is 8.00. The summed E-state index contributed by atoms with van der Waals surface area (Å²) in [6.07, 6.45) is 1.92. The number of fused-ring (bicyclic) bond motifs is 1. The molecule has 0 spiro atoms. The number of carboxylic acid groups (broad SMARTS) is 1. The Morgan fingerprint density at radius 3 is 2.40 bits per heavy atom. The number of hydrogen-bond acceptors (Lipinski definition) is 4. The molecule has 3 aromatic rings. The standard InChI is InChI=1S/C19H20N4O2/c1-12-6-5-11-23-16(12)20-15(19(2,3)4)17(23)22-21-14-9-7-13(8-10-14)18(24)25/h5-11H,1-4H3,(H,24,25). The summed E-state index contributed by atoms with van der Waals surface area (Å²) in [5.74, 6) is -0.274. The van der Waals surface area contributed by atoms with Crippen LogP contribution in [0.15, 0.2) is 52.8 Å². The third-order valence-electron chi connectivity index (χ3n) is 3.90. The molecular weight excluding hydrogens is 316 g/mol. The van der Waals surface area contributed by atoms with Gasteiger partial charge in [-0.15, -0.1) is 10.2 Å². The van der Waals surface area contributed by atoms with Gasteiger partial charge < -0.3 is 5.11 Å². The second-order valence-electron chi connectivity index (χ2n) is 6.97. The third-order valence-corrected chi connectivity index (χ3v) is 3.90. The second kappa shape index (κ2) is 6.12. The normalized spacial score (nSPS) is 12.2. The molecule has 2 heterocycles. The van der Waals surface area contributed by atoms with Crippen molar-refractivity contribution in [2.45, 2.75) is 33.1 Å². The highest BCUT2D eigenvalue weighted by Gasteiger charge is 2.24. The summed E-state index contributed by atoms with van der Waals surface area (Å²) in [5.41, 5.74) is 3.43. The summed E-state index contributed by atoms with van der Waals surface area (Å²) in [6.45, 7) is 8.28. The van der Waals surface area contributed by atoms with Gasteiger partial charge in [0.25, 0.3) is 0 Å². The van der Waals surface area contributed by atoms with Gasteiger partial charge >= 0.3 is 5.97 Å². The van der Waals surface area contributed by atoms with Gasteiger partial charge in [0.05, 0.1) is 16.9 Å². The topological polar surface area (TPSA) is 79.3 Å². The number of aromatic carboxylic acids is 1. The van der Waals surface area contributed by atoms with Crippen molar-refractivity contribution in [1.29, 1.82) is 0 Å². The van der Waals surface area contributed by atoms with Gasteiger partial charge in [-0.3, -0.25) is 4.40 Å². The number of benzene rings is 1. The minimum atomic E-state index is -0.962. The van der Waals surface area contributed by atoms with Crippen LogP contribution in [0.1, 0.15) is 42.4 Å². The van der Waals surface area contributed by atoms with Crippen molar-refractivity contribution in [3.8, 4) is 0 Å². The Hall–Kier alpha value is -3.02. The number of aryl methyl sites for hydroxylation is 1. The maximum Gasteiger partial charge on any atom is 0.335 e. The fourth-order valence-electron chi connectivity index (χ4n) is 2.57. The highest BCUT2D eigenvalue weighted by molar-refractivity contribution is 5.87. The zero-order valence-corrected chi connectivity index (χ0v) is 14.7. The summed E-state index contributed by atoms with van der Waals surface area (Å²) >= 11 is 0. The van der Waals surface area contributed by atoms with E-state index in [2.05, 4.69) is 31.0 Å². The van der Waals surface area contributed by atoms with Crippen LogP contribution in [0.2, 0.25) is 0 Å². The van der Waals surface area contributed by atoms with E-state index in [1.807, 2.05) is 29.7 Å². The van der Waals surface area contributed by atoms with Crippen molar-refractivity contribution < 1.29 is 9.90 Å². The van der Waals surface area contributed by atoms with Crippen LogP contribution in [-0.4, -0.2) is 20.5 Å². The Kier molecular flexibility index (Phi) is 4.12. The van der Waals surface area contributed by atoms with E-state index in [0.29, 0.717) is 11.5 Å². The van der Waals surface area contributed by atoms with Crippen LogP contribution in [0.25, 0.3) is 5.65 Å². The Labute approximate surface area is 145 Å². The van der Waals surface area contributed by atoms with Gasteiger partial charge in [0.1, 0.15) is 5.65 Å². The molecular formula is C19H20N4O2. The van der Waals surface area contributed by atoms with Crippen molar-refractivity contribution >= 4 is 23.1 Å². The van der Waals surface area contributed by atoms with Crippen molar-refractivity contribution in [1.82, 2.24) is 9.38 Å². The average Bonchev–Trinajstić information content (AvgIpc) is 2.94. The van der Waals surface area contributed by atoms with Gasteiger partial charge in [-0.1, -0.05) is 26.8 Å². The molecule has 0 unspecified atom stereocenters. The number of rotatable bonds is 3. The Morgan fingerprint density at radius 1 is 1.12 bits per heavy atom. The van der Waals surface area contributed by atoms with Crippen molar-refractivity contribution in [2.24, 2.45) is 10.2 Å². The number of carboxylic acids is 1. The van der Waals surface area contributed by atoms with Crippen molar-refractivity contribution in [2.75, 3.05) is 0 Å². The Morgan fingerprint density at radius 2 is 1.80 bits per heavy atom. The van der Waals surface area contributed by atoms with Crippen LogP contribution in [0.4, 0.5) is 11.5 Å². The fourth-order valence-corrected chi connectivity index (χ4v) is 2.57.